The molecule has 0 atom stereocenters. The maximum Gasteiger partial charge on any atom is 0.128 e. The molecule has 0 saturated heterocycles. The number of hydrogen-bond acceptors (Lipinski definition) is 2. The number of anilines is 1. The van der Waals surface area contributed by atoms with Gasteiger partial charge in [0.2, 0.25) is 0 Å². The van der Waals surface area contributed by atoms with Crippen LogP contribution in [0.1, 0.15) is 12.7 Å². The summed E-state index contributed by atoms with van der Waals surface area (Å²) in [5.74, 6) is -0.352. The molecular formula is C12H13F2N3. The van der Waals surface area contributed by atoms with Gasteiger partial charge in [0, 0.05) is 30.7 Å². The second kappa shape index (κ2) is 4.95. The molecule has 0 aliphatic carbocycles. The molecule has 0 spiro atoms. The Balaban J connectivity index is 2.07. The lowest BCUT2D eigenvalue weighted by Crippen LogP contribution is -2.07. The molecule has 0 amide bonds. The van der Waals surface area contributed by atoms with Crippen molar-refractivity contribution in [2.24, 2.45) is 0 Å². The first-order valence-electron chi connectivity index (χ1n) is 5.39. The van der Waals surface area contributed by atoms with Crippen LogP contribution in [-0.4, -0.2) is 9.55 Å². The van der Waals surface area contributed by atoms with Crippen molar-refractivity contribution in [3.8, 4) is 0 Å². The van der Waals surface area contributed by atoms with E-state index in [4.69, 9.17) is 0 Å². The minimum absolute atomic E-state index is 0.410. The highest BCUT2D eigenvalue weighted by molar-refractivity contribution is 5.43. The molecule has 3 nitrogen and oxygen atoms in total. The van der Waals surface area contributed by atoms with Gasteiger partial charge in [-0.25, -0.2) is 13.8 Å². The Kier molecular flexibility index (Phi) is 3.37. The molecule has 2 rings (SSSR count). The zero-order valence-electron chi connectivity index (χ0n) is 9.45. The predicted octanol–water partition coefficient (Wildman–Crippen LogP) is 2.79. The summed E-state index contributed by atoms with van der Waals surface area (Å²) in [5, 5.41) is 2.94. The lowest BCUT2D eigenvalue weighted by Gasteiger charge is -2.08. The molecule has 0 aliphatic heterocycles. The lowest BCUT2D eigenvalue weighted by molar-refractivity contribution is 0.584. The summed E-state index contributed by atoms with van der Waals surface area (Å²) >= 11 is 0. The smallest absolute Gasteiger partial charge is 0.128 e. The van der Waals surface area contributed by atoms with E-state index in [1.54, 1.807) is 6.20 Å². The van der Waals surface area contributed by atoms with Crippen LogP contribution in [-0.2, 0) is 13.1 Å². The van der Waals surface area contributed by atoms with E-state index in [-0.39, 0.29) is 0 Å². The van der Waals surface area contributed by atoms with Crippen LogP contribution in [0.3, 0.4) is 0 Å². The third-order valence-corrected chi connectivity index (χ3v) is 2.46. The number of nitrogens with one attached hydrogen (secondary N) is 1. The van der Waals surface area contributed by atoms with Crippen LogP contribution in [0.15, 0.2) is 30.6 Å². The van der Waals surface area contributed by atoms with Crippen molar-refractivity contribution in [3.05, 3.63) is 48.1 Å². The highest BCUT2D eigenvalue weighted by Crippen LogP contribution is 2.13. The van der Waals surface area contributed by atoms with Gasteiger partial charge in [-0.15, -0.1) is 0 Å². The molecule has 0 fully saturated rings. The van der Waals surface area contributed by atoms with Crippen LogP contribution < -0.4 is 5.32 Å². The third-order valence-electron chi connectivity index (χ3n) is 2.46. The van der Waals surface area contributed by atoms with Gasteiger partial charge in [0.05, 0.1) is 6.54 Å². The van der Waals surface area contributed by atoms with Gasteiger partial charge in [0.25, 0.3) is 0 Å². The number of aromatic nitrogens is 2. The number of halogens is 2. The van der Waals surface area contributed by atoms with Crippen LogP contribution in [0.5, 0.6) is 0 Å². The molecule has 1 aromatic heterocycles. The maximum atomic E-state index is 12.9. The van der Waals surface area contributed by atoms with Gasteiger partial charge < -0.3 is 9.88 Å². The molecule has 1 aromatic carbocycles. The van der Waals surface area contributed by atoms with Gasteiger partial charge in [0.15, 0.2) is 0 Å². The number of hydrogen-bond donors (Lipinski definition) is 1. The zero-order valence-corrected chi connectivity index (χ0v) is 9.45. The SMILES string of the molecule is CCn1ccnc1CNc1cc(F)cc(F)c1. The maximum absolute atomic E-state index is 12.9. The van der Waals surface area contributed by atoms with Gasteiger partial charge in [0.1, 0.15) is 17.5 Å². The van der Waals surface area contributed by atoms with E-state index in [0.29, 0.717) is 12.2 Å². The number of imidazole rings is 1. The van der Waals surface area contributed by atoms with Crippen LogP contribution in [0, 0.1) is 11.6 Å². The van der Waals surface area contributed by atoms with Gasteiger partial charge in [-0.05, 0) is 19.1 Å². The topological polar surface area (TPSA) is 29.9 Å². The molecule has 0 aliphatic rings. The van der Waals surface area contributed by atoms with Crippen LogP contribution in [0.2, 0.25) is 0 Å². The molecule has 1 N–H and O–H groups in total. The summed E-state index contributed by atoms with van der Waals surface area (Å²) in [6.45, 7) is 3.26. The highest BCUT2D eigenvalue weighted by Gasteiger charge is 2.03. The van der Waals surface area contributed by atoms with E-state index < -0.39 is 11.6 Å². The van der Waals surface area contributed by atoms with Gasteiger partial charge in [-0.1, -0.05) is 0 Å². The van der Waals surface area contributed by atoms with Crippen molar-refractivity contribution in [3.63, 3.8) is 0 Å². The Morgan fingerprint density at radius 2 is 1.94 bits per heavy atom. The average Bonchev–Trinajstić information content (AvgIpc) is 2.72. The first kappa shape index (κ1) is 11.6. The van der Waals surface area contributed by atoms with Gasteiger partial charge >= 0.3 is 0 Å². The zero-order chi connectivity index (χ0) is 12.3. The van der Waals surface area contributed by atoms with E-state index in [0.717, 1.165) is 18.4 Å². The monoisotopic (exact) mass is 237 g/mol. The molecule has 90 valence electrons. The molecule has 0 bridgehead atoms. The van der Waals surface area contributed by atoms with E-state index in [1.165, 1.54) is 12.1 Å². The normalized spacial score (nSPS) is 10.5. The molecule has 17 heavy (non-hydrogen) atoms. The standard InChI is InChI=1S/C12H13F2N3/c1-2-17-4-3-15-12(17)8-16-11-6-9(13)5-10(14)7-11/h3-7,16H,2,8H2,1H3. The Morgan fingerprint density at radius 3 is 2.59 bits per heavy atom. The molecule has 5 heteroatoms. The summed E-state index contributed by atoms with van der Waals surface area (Å²) in [4.78, 5) is 4.16. The summed E-state index contributed by atoms with van der Waals surface area (Å²) < 4.78 is 27.8. The van der Waals surface area contributed by atoms with Crippen LogP contribution in [0.25, 0.3) is 0 Å². The van der Waals surface area contributed by atoms with E-state index in [2.05, 4.69) is 10.3 Å². The fraction of sp³-hybridized carbons (Fsp3) is 0.250. The largest absolute Gasteiger partial charge is 0.378 e. The summed E-state index contributed by atoms with van der Waals surface area (Å²) in [7, 11) is 0. The fourth-order valence-electron chi connectivity index (χ4n) is 1.63. The summed E-state index contributed by atoms with van der Waals surface area (Å²) in [6, 6.07) is 3.35. The first-order chi connectivity index (χ1) is 8.19. The van der Waals surface area contributed by atoms with Crippen molar-refractivity contribution in [1.82, 2.24) is 9.55 Å². The minimum Gasteiger partial charge on any atom is -0.378 e. The third kappa shape index (κ3) is 2.81. The van der Waals surface area contributed by atoms with Gasteiger partial charge in [-0.3, -0.25) is 0 Å². The highest BCUT2D eigenvalue weighted by atomic mass is 19.1. The molecule has 1 heterocycles. The van der Waals surface area contributed by atoms with E-state index >= 15 is 0 Å². The number of benzene rings is 1. The average molecular weight is 237 g/mol. The Morgan fingerprint density at radius 1 is 1.24 bits per heavy atom. The second-order valence-electron chi connectivity index (χ2n) is 3.64. The number of rotatable bonds is 4. The molecule has 0 saturated carbocycles. The Hall–Kier alpha value is -1.91. The van der Waals surface area contributed by atoms with Crippen LogP contribution in [0.4, 0.5) is 14.5 Å². The van der Waals surface area contributed by atoms with Crippen LogP contribution >= 0.6 is 0 Å². The molecular weight excluding hydrogens is 224 g/mol. The fourth-order valence-corrected chi connectivity index (χ4v) is 1.63. The molecule has 2 aromatic rings. The predicted molar refractivity (Wildman–Crippen MR) is 61.6 cm³/mol. The van der Waals surface area contributed by atoms with Crippen molar-refractivity contribution >= 4 is 5.69 Å². The number of aryl methyl sites for hydroxylation is 1. The quantitative estimate of drug-likeness (QED) is 0.886. The van der Waals surface area contributed by atoms with Crippen molar-refractivity contribution < 1.29 is 8.78 Å². The lowest BCUT2D eigenvalue weighted by atomic mass is 10.3. The number of nitrogens with zero attached hydrogens (tertiary/aromatic N) is 2. The minimum atomic E-state index is -0.591. The molecule has 0 radical (unpaired) electrons. The van der Waals surface area contributed by atoms with Crippen molar-refractivity contribution in [2.75, 3.05) is 5.32 Å². The first-order valence-corrected chi connectivity index (χ1v) is 5.39. The van der Waals surface area contributed by atoms with Crippen molar-refractivity contribution in [1.29, 1.82) is 0 Å². The summed E-state index contributed by atoms with van der Waals surface area (Å²) in [6.07, 6.45) is 3.57. The molecule has 0 unspecified atom stereocenters. The van der Waals surface area contributed by atoms with Gasteiger partial charge in [-0.2, -0.15) is 0 Å². The van der Waals surface area contributed by atoms with Crippen molar-refractivity contribution in [2.45, 2.75) is 20.0 Å². The Bertz CT molecular complexity index is 488. The van der Waals surface area contributed by atoms with E-state index in [1.807, 2.05) is 17.7 Å². The Labute approximate surface area is 98.1 Å². The second-order valence-corrected chi connectivity index (χ2v) is 3.64. The van der Waals surface area contributed by atoms with E-state index in [9.17, 15) is 8.78 Å². The summed E-state index contributed by atoms with van der Waals surface area (Å²) in [5.41, 5.74) is 0.410.